The van der Waals surface area contributed by atoms with E-state index in [4.69, 9.17) is 0 Å². The lowest BCUT2D eigenvalue weighted by Gasteiger charge is -2.43. The van der Waals surface area contributed by atoms with E-state index >= 15 is 0 Å². The van der Waals surface area contributed by atoms with E-state index in [1.165, 1.54) is 51.6 Å². The van der Waals surface area contributed by atoms with E-state index in [2.05, 4.69) is 34.6 Å². The summed E-state index contributed by atoms with van der Waals surface area (Å²) in [6.45, 7) is 7.65. The summed E-state index contributed by atoms with van der Waals surface area (Å²) in [7, 11) is 0. The average Bonchev–Trinajstić information content (AvgIpc) is 2.99. The fraction of sp³-hybridized carbons (Fsp3) is 0.875. The lowest BCUT2D eigenvalue weighted by atomic mass is 9.67. The van der Waals surface area contributed by atoms with Crippen LogP contribution in [0.4, 0.5) is 0 Å². The first-order chi connectivity index (χ1) is 10.2. The molecule has 0 radical (unpaired) electrons. The second-order valence-electron chi connectivity index (χ2n) is 6.85. The van der Waals surface area contributed by atoms with E-state index in [1.807, 2.05) is 4.68 Å². The molecule has 5 heteroatoms. The summed E-state index contributed by atoms with van der Waals surface area (Å²) >= 11 is 0. The Balaban J connectivity index is 1.53. The smallest absolute Gasteiger partial charge is 0.143 e. The molecule has 5 nitrogen and oxygen atoms in total. The Hall–Kier alpha value is -0.940. The molecule has 1 aromatic rings. The first-order valence-electron chi connectivity index (χ1n) is 8.57. The van der Waals surface area contributed by atoms with Crippen molar-refractivity contribution in [2.75, 3.05) is 13.1 Å². The fourth-order valence-corrected chi connectivity index (χ4v) is 4.13. The van der Waals surface area contributed by atoms with Crippen molar-refractivity contribution < 1.29 is 0 Å². The zero-order valence-corrected chi connectivity index (χ0v) is 13.4. The van der Waals surface area contributed by atoms with Gasteiger partial charge in [-0.3, -0.25) is 0 Å². The highest BCUT2D eigenvalue weighted by molar-refractivity contribution is 4.96. The molecule has 1 saturated carbocycles. The van der Waals surface area contributed by atoms with Gasteiger partial charge in [0, 0.05) is 12.6 Å². The van der Waals surface area contributed by atoms with Crippen LogP contribution in [-0.2, 0) is 6.54 Å². The van der Waals surface area contributed by atoms with Crippen LogP contribution >= 0.6 is 0 Å². The van der Waals surface area contributed by atoms with E-state index in [0.717, 1.165) is 12.4 Å². The van der Waals surface area contributed by atoms with Gasteiger partial charge in [-0.2, -0.15) is 5.10 Å². The number of piperidine rings is 1. The number of rotatable bonds is 4. The van der Waals surface area contributed by atoms with E-state index < -0.39 is 0 Å². The van der Waals surface area contributed by atoms with Crippen LogP contribution in [-0.4, -0.2) is 33.9 Å². The van der Waals surface area contributed by atoms with E-state index in [9.17, 15) is 0 Å². The molecule has 0 aromatic carbocycles. The molecule has 1 aliphatic carbocycles. The van der Waals surface area contributed by atoms with Crippen LogP contribution in [0.15, 0.2) is 6.33 Å². The Kier molecular flexibility index (Phi) is 4.60. The monoisotopic (exact) mass is 291 g/mol. The van der Waals surface area contributed by atoms with Gasteiger partial charge in [0.1, 0.15) is 12.2 Å². The SMILES string of the molecule is CCn1ncnc1[C@H](C)NC1CCC2(CCNCC2)CC1. The molecule has 3 rings (SSSR count). The first-order valence-corrected chi connectivity index (χ1v) is 8.57. The van der Waals surface area contributed by atoms with Crippen molar-refractivity contribution in [1.82, 2.24) is 25.4 Å². The zero-order chi connectivity index (χ0) is 14.7. The van der Waals surface area contributed by atoms with E-state index in [1.54, 1.807) is 6.33 Å². The summed E-state index contributed by atoms with van der Waals surface area (Å²) in [5, 5.41) is 11.6. The molecule has 1 saturated heterocycles. The van der Waals surface area contributed by atoms with Crippen LogP contribution < -0.4 is 10.6 Å². The lowest BCUT2D eigenvalue weighted by Crippen LogP contribution is -2.43. The maximum Gasteiger partial charge on any atom is 0.143 e. The van der Waals surface area contributed by atoms with Crippen LogP contribution in [0.3, 0.4) is 0 Å². The zero-order valence-electron chi connectivity index (χ0n) is 13.4. The molecule has 1 aromatic heterocycles. The molecule has 1 spiro atoms. The van der Waals surface area contributed by atoms with Gasteiger partial charge >= 0.3 is 0 Å². The highest BCUT2D eigenvalue weighted by Gasteiger charge is 2.36. The van der Waals surface area contributed by atoms with Gasteiger partial charge in [-0.1, -0.05) is 0 Å². The number of nitrogens with zero attached hydrogens (tertiary/aromatic N) is 3. The molecule has 1 aliphatic heterocycles. The third-order valence-electron chi connectivity index (χ3n) is 5.53. The number of nitrogens with one attached hydrogen (secondary N) is 2. The standard InChI is InChI=1S/C16H29N5/c1-3-21-15(18-12-19-21)13(2)20-14-4-6-16(7-5-14)8-10-17-11-9-16/h12-14,17,20H,3-11H2,1-2H3/t13-/m0/s1. The molecule has 2 fully saturated rings. The maximum atomic E-state index is 4.42. The van der Waals surface area contributed by atoms with Gasteiger partial charge in [-0.25, -0.2) is 9.67 Å². The highest BCUT2D eigenvalue weighted by atomic mass is 15.3. The van der Waals surface area contributed by atoms with Gasteiger partial charge in [0.05, 0.1) is 6.04 Å². The maximum absolute atomic E-state index is 4.42. The van der Waals surface area contributed by atoms with Gasteiger partial charge in [0.25, 0.3) is 0 Å². The summed E-state index contributed by atoms with van der Waals surface area (Å²) in [6.07, 6.45) is 9.81. The predicted octanol–water partition coefficient (Wildman–Crippen LogP) is 2.26. The van der Waals surface area contributed by atoms with Gasteiger partial charge in [-0.05, 0) is 70.9 Å². The van der Waals surface area contributed by atoms with E-state index in [0.29, 0.717) is 17.5 Å². The summed E-state index contributed by atoms with van der Waals surface area (Å²) in [5.41, 5.74) is 0.649. The van der Waals surface area contributed by atoms with Crippen molar-refractivity contribution in [3.8, 4) is 0 Å². The number of aromatic nitrogens is 3. The molecule has 0 bridgehead atoms. The molecule has 118 valence electrons. The molecule has 2 aliphatic rings. The Labute approximate surface area is 127 Å². The quantitative estimate of drug-likeness (QED) is 0.893. The molecule has 2 heterocycles. The summed E-state index contributed by atoms with van der Waals surface area (Å²) in [4.78, 5) is 4.42. The molecule has 0 amide bonds. The van der Waals surface area contributed by atoms with Crippen LogP contribution in [0.25, 0.3) is 0 Å². The van der Waals surface area contributed by atoms with Gasteiger partial charge in [-0.15, -0.1) is 0 Å². The number of hydrogen-bond donors (Lipinski definition) is 2. The summed E-state index contributed by atoms with van der Waals surface area (Å²) in [5.74, 6) is 1.07. The van der Waals surface area contributed by atoms with Crippen molar-refractivity contribution >= 4 is 0 Å². The van der Waals surface area contributed by atoms with Crippen LogP contribution in [0.2, 0.25) is 0 Å². The Morgan fingerprint density at radius 2 is 2.05 bits per heavy atom. The molecule has 1 atom stereocenters. The highest BCUT2D eigenvalue weighted by Crippen LogP contribution is 2.43. The molecule has 0 unspecified atom stereocenters. The second kappa shape index (κ2) is 6.44. The topological polar surface area (TPSA) is 54.8 Å². The van der Waals surface area contributed by atoms with Crippen molar-refractivity contribution in [3.05, 3.63) is 12.2 Å². The Morgan fingerprint density at radius 1 is 1.33 bits per heavy atom. The van der Waals surface area contributed by atoms with E-state index in [-0.39, 0.29) is 0 Å². The van der Waals surface area contributed by atoms with Gasteiger partial charge in [0.15, 0.2) is 0 Å². The predicted molar refractivity (Wildman–Crippen MR) is 84.0 cm³/mol. The molecular formula is C16H29N5. The normalized spacial score (nSPS) is 24.3. The van der Waals surface area contributed by atoms with Crippen LogP contribution in [0, 0.1) is 5.41 Å². The molecule has 2 N–H and O–H groups in total. The Morgan fingerprint density at radius 3 is 2.71 bits per heavy atom. The number of hydrogen-bond acceptors (Lipinski definition) is 4. The van der Waals surface area contributed by atoms with Gasteiger partial charge < -0.3 is 10.6 Å². The minimum Gasteiger partial charge on any atom is -0.317 e. The van der Waals surface area contributed by atoms with Crippen LogP contribution in [0.1, 0.15) is 64.2 Å². The first kappa shape index (κ1) is 15.0. The Bertz CT molecular complexity index is 439. The fourth-order valence-electron chi connectivity index (χ4n) is 4.13. The summed E-state index contributed by atoms with van der Waals surface area (Å²) in [6, 6.07) is 0.932. The third kappa shape index (κ3) is 3.29. The third-order valence-corrected chi connectivity index (χ3v) is 5.53. The second-order valence-corrected chi connectivity index (χ2v) is 6.85. The largest absolute Gasteiger partial charge is 0.317 e. The van der Waals surface area contributed by atoms with Crippen molar-refractivity contribution in [2.24, 2.45) is 5.41 Å². The van der Waals surface area contributed by atoms with Crippen molar-refractivity contribution in [1.29, 1.82) is 0 Å². The van der Waals surface area contributed by atoms with Crippen molar-refractivity contribution in [2.45, 2.75) is 71.0 Å². The molecular weight excluding hydrogens is 262 g/mol. The minimum atomic E-state index is 0.291. The minimum absolute atomic E-state index is 0.291. The number of aryl methyl sites for hydroxylation is 1. The average molecular weight is 291 g/mol. The van der Waals surface area contributed by atoms with Crippen molar-refractivity contribution in [3.63, 3.8) is 0 Å². The lowest BCUT2D eigenvalue weighted by molar-refractivity contribution is 0.112. The summed E-state index contributed by atoms with van der Waals surface area (Å²) < 4.78 is 1.99. The molecule has 21 heavy (non-hydrogen) atoms. The van der Waals surface area contributed by atoms with Crippen LogP contribution in [0.5, 0.6) is 0 Å². The van der Waals surface area contributed by atoms with Gasteiger partial charge in [0.2, 0.25) is 0 Å².